The van der Waals surface area contributed by atoms with Gasteiger partial charge in [0.2, 0.25) is 6.29 Å². The number of rotatable bonds is 5. The predicted octanol–water partition coefficient (Wildman–Crippen LogP) is -1.49. The highest BCUT2D eigenvalue weighted by Crippen LogP contribution is 2.45. The van der Waals surface area contributed by atoms with Gasteiger partial charge in [0.15, 0.2) is 17.6 Å². The van der Waals surface area contributed by atoms with Gasteiger partial charge in [-0.1, -0.05) is 6.07 Å². The minimum Gasteiger partial charge on any atom is -0.508 e. The third-order valence-electron chi connectivity index (χ3n) is 6.02. The van der Waals surface area contributed by atoms with Crippen LogP contribution in [0.2, 0.25) is 0 Å². The van der Waals surface area contributed by atoms with Crippen LogP contribution in [0, 0.1) is 0 Å². The zero-order valence-electron chi connectivity index (χ0n) is 20.9. The molecule has 6 atom stereocenters. The number of esters is 3. The Bertz CT molecular complexity index is 1450. The standard InChI is InChI=1S/C25H22O17/c26-9-4-12(28)10-6-15(20(39-14(10)5-9)8-1-2-11(27)13(29)3-8)40-25-19(32)18(31)17(30)16(41-25)7-38-23(36)24(37)42-22(35)21(33)34/h1-6,16-20,25-32H,7H2,(H,33,34)/t16-,17-,18+,19+,20?,25-/m1/s1. The van der Waals surface area contributed by atoms with Crippen molar-refractivity contribution in [3.63, 3.8) is 0 Å². The van der Waals surface area contributed by atoms with Crippen LogP contribution in [0.25, 0.3) is 6.08 Å². The molecular weight excluding hydrogens is 572 g/mol. The topological polar surface area (TPSA) is 276 Å². The number of hydrogen-bond donors (Lipinski definition) is 8. The van der Waals surface area contributed by atoms with E-state index >= 15 is 0 Å². The SMILES string of the molecule is O=C(O)C(=O)OC(=O)C(=O)OC[C@H]1O[C@@H](OC2=Cc3c(O)cc(O)cc3OC2c2ccc(O)c(O)c2)[C@@H](O)[C@@H](O)[C@@H]1O. The van der Waals surface area contributed by atoms with E-state index < -0.39 is 84.5 Å². The van der Waals surface area contributed by atoms with Gasteiger partial charge < -0.3 is 64.5 Å². The number of aliphatic hydroxyl groups excluding tert-OH is 3. The summed E-state index contributed by atoms with van der Waals surface area (Å²) in [5.74, 6) is -10.1. The molecule has 8 N–H and O–H groups in total. The number of benzene rings is 2. The molecule has 0 bridgehead atoms. The largest absolute Gasteiger partial charge is 0.508 e. The molecule has 1 unspecified atom stereocenters. The number of carbonyl (C=O) groups is 4. The molecule has 0 aliphatic carbocycles. The first-order chi connectivity index (χ1) is 19.8. The highest BCUT2D eigenvalue weighted by atomic mass is 16.7. The van der Waals surface area contributed by atoms with E-state index in [2.05, 4.69) is 9.47 Å². The van der Waals surface area contributed by atoms with Gasteiger partial charge >= 0.3 is 23.9 Å². The van der Waals surface area contributed by atoms with Crippen LogP contribution in [0.15, 0.2) is 36.1 Å². The summed E-state index contributed by atoms with van der Waals surface area (Å²) in [6, 6.07) is 5.73. The summed E-state index contributed by atoms with van der Waals surface area (Å²) < 4.78 is 25.3. The fourth-order valence-electron chi connectivity index (χ4n) is 3.95. The van der Waals surface area contributed by atoms with Crippen molar-refractivity contribution in [1.82, 2.24) is 0 Å². The lowest BCUT2D eigenvalue weighted by Gasteiger charge is -2.41. The van der Waals surface area contributed by atoms with E-state index in [4.69, 9.17) is 19.3 Å². The number of aliphatic hydroxyl groups is 3. The van der Waals surface area contributed by atoms with Crippen LogP contribution in [0.1, 0.15) is 17.2 Å². The number of aliphatic carboxylic acids is 1. The maximum absolute atomic E-state index is 11.8. The van der Waals surface area contributed by atoms with Crippen molar-refractivity contribution >= 4 is 30.0 Å². The van der Waals surface area contributed by atoms with E-state index in [-0.39, 0.29) is 28.4 Å². The van der Waals surface area contributed by atoms with E-state index in [0.29, 0.717) is 0 Å². The number of ether oxygens (including phenoxy) is 5. The minimum atomic E-state index is -2.16. The third-order valence-corrected chi connectivity index (χ3v) is 6.02. The number of fused-ring (bicyclic) bond motifs is 1. The monoisotopic (exact) mass is 594 g/mol. The number of phenolic OH excluding ortho intramolecular Hbond substituents is 4. The molecule has 224 valence electrons. The summed E-state index contributed by atoms with van der Waals surface area (Å²) in [6.45, 7) is -0.978. The number of carboxylic acid groups (broad SMARTS) is 1. The first kappa shape index (κ1) is 29.9. The molecule has 0 spiro atoms. The fourth-order valence-corrected chi connectivity index (χ4v) is 3.95. The number of carboxylic acids is 1. The first-order valence-electron chi connectivity index (χ1n) is 11.8. The van der Waals surface area contributed by atoms with Crippen molar-refractivity contribution in [3.05, 3.63) is 47.2 Å². The van der Waals surface area contributed by atoms with Gasteiger partial charge in [0.1, 0.15) is 54.0 Å². The van der Waals surface area contributed by atoms with Gasteiger partial charge in [-0.3, -0.25) is 0 Å². The molecule has 2 aromatic carbocycles. The van der Waals surface area contributed by atoms with Crippen molar-refractivity contribution < 1.29 is 83.7 Å². The van der Waals surface area contributed by atoms with Crippen molar-refractivity contribution in [1.29, 1.82) is 0 Å². The molecule has 2 aromatic rings. The van der Waals surface area contributed by atoms with Gasteiger partial charge in [-0.05, 0) is 18.2 Å². The average Bonchev–Trinajstić information content (AvgIpc) is 2.93. The van der Waals surface area contributed by atoms with Crippen LogP contribution in [0.4, 0.5) is 0 Å². The molecule has 2 aliphatic heterocycles. The molecular formula is C25H22O17. The lowest BCUT2D eigenvalue weighted by Crippen LogP contribution is -2.59. The van der Waals surface area contributed by atoms with Gasteiger partial charge in [0, 0.05) is 17.7 Å². The van der Waals surface area contributed by atoms with Gasteiger partial charge in [0.25, 0.3) is 0 Å². The van der Waals surface area contributed by atoms with Crippen molar-refractivity contribution in [2.75, 3.05) is 6.61 Å². The van der Waals surface area contributed by atoms with Crippen LogP contribution in [0.3, 0.4) is 0 Å². The second kappa shape index (κ2) is 11.8. The normalized spacial score (nSPS) is 24.8. The fraction of sp³-hybridized carbons (Fsp3) is 0.280. The zero-order chi connectivity index (χ0) is 30.9. The lowest BCUT2D eigenvalue weighted by molar-refractivity contribution is -0.294. The van der Waals surface area contributed by atoms with E-state index in [0.717, 1.165) is 18.2 Å². The number of carbonyl (C=O) groups excluding carboxylic acids is 3. The molecule has 4 rings (SSSR count). The van der Waals surface area contributed by atoms with Crippen LogP contribution in [0.5, 0.6) is 28.7 Å². The van der Waals surface area contributed by atoms with E-state index in [1.54, 1.807) is 0 Å². The first-order valence-corrected chi connectivity index (χ1v) is 11.8. The molecule has 2 aliphatic rings. The minimum absolute atomic E-state index is 0.00725. The lowest BCUT2D eigenvalue weighted by atomic mass is 9.98. The summed E-state index contributed by atoms with van der Waals surface area (Å²) in [6.07, 6.45) is -9.40. The second-order valence-corrected chi connectivity index (χ2v) is 8.88. The maximum Gasteiger partial charge on any atom is 0.425 e. The highest BCUT2D eigenvalue weighted by Gasteiger charge is 2.47. The highest BCUT2D eigenvalue weighted by molar-refractivity contribution is 6.38. The molecule has 1 saturated heterocycles. The zero-order valence-corrected chi connectivity index (χ0v) is 20.9. The summed E-state index contributed by atoms with van der Waals surface area (Å²) >= 11 is 0. The van der Waals surface area contributed by atoms with Crippen molar-refractivity contribution in [2.24, 2.45) is 0 Å². The number of phenols is 4. The Morgan fingerprint density at radius 2 is 1.52 bits per heavy atom. The Morgan fingerprint density at radius 3 is 2.19 bits per heavy atom. The van der Waals surface area contributed by atoms with E-state index in [9.17, 15) is 54.9 Å². The van der Waals surface area contributed by atoms with Gasteiger partial charge in [-0.2, -0.15) is 0 Å². The Labute approximate surface area is 233 Å². The number of hydrogen-bond acceptors (Lipinski definition) is 16. The molecule has 1 fully saturated rings. The third kappa shape index (κ3) is 6.13. The van der Waals surface area contributed by atoms with Crippen molar-refractivity contribution in [3.8, 4) is 28.7 Å². The Hall–Kier alpha value is -5.10. The van der Waals surface area contributed by atoms with Crippen LogP contribution < -0.4 is 4.74 Å². The average molecular weight is 594 g/mol. The molecule has 0 amide bonds. The second-order valence-electron chi connectivity index (χ2n) is 8.88. The molecule has 17 nitrogen and oxygen atoms in total. The van der Waals surface area contributed by atoms with Crippen LogP contribution >= 0.6 is 0 Å². The van der Waals surface area contributed by atoms with Crippen LogP contribution in [-0.4, -0.2) is 102 Å². The Balaban J connectivity index is 1.57. The molecule has 0 radical (unpaired) electrons. The Kier molecular flexibility index (Phi) is 8.39. The predicted molar refractivity (Wildman–Crippen MR) is 128 cm³/mol. The molecule has 42 heavy (non-hydrogen) atoms. The number of aromatic hydroxyl groups is 4. The maximum atomic E-state index is 11.8. The van der Waals surface area contributed by atoms with E-state index in [1.807, 2.05) is 0 Å². The van der Waals surface area contributed by atoms with E-state index in [1.165, 1.54) is 18.2 Å². The van der Waals surface area contributed by atoms with Crippen molar-refractivity contribution in [2.45, 2.75) is 36.8 Å². The van der Waals surface area contributed by atoms with Crippen LogP contribution in [-0.2, 0) is 38.1 Å². The Morgan fingerprint density at radius 1 is 0.810 bits per heavy atom. The summed E-state index contributed by atoms with van der Waals surface area (Å²) in [5, 5.41) is 79.5. The summed E-state index contributed by atoms with van der Waals surface area (Å²) in [4.78, 5) is 44.7. The molecule has 17 heteroatoms. The van der Waals surface area contributed by atoms with Gasteiger partial charge in [-0.15, -0.1) is 0 Å². The van der Waals surface area contributed by atoms with Gasteiger partial charge in [-0.25, -0.2) is 19.2 Å². The summed E-state index contributed by atoms with van der Waals surface area (Å²) in [5.41, 5.74) is 0.170. The molecule has 0 aromatic heterocycles. The quantitative estimate of drug-likeness (QED) is 0.0846. The smallest absolute Gasteiger partial charge is 0.425 e. The molecule has 2 heterocycles. The molecule has 0 saturated carbocycles. The summed E-state index contributed by atoms with van der Waals surface area (Å²) in [7, 11) is 0. The van der Waals surface area contributed by atoms with Gasteiger partial charge in [0.05, 0.1) is 5.56 Å².